The molecule has 7 nitrogen and oxygen atoms in total. The number of amides is 3. The molecule has 0 aromatic heterocycles. The fourth-order valence-electron chi connectivity index (χ4n) is 2.47. The van der Waals surface area contributed by atoms with E-state index in [9.17, 15) is 9.59 Å². The summed E-state index contributed by atoms with van der Waals surface area (Å²) in [6.45, 7) is 2.39. The van der Waals surface area contributed by atoms with Gasteiger partial charge in [-0.1, -0.05) is 0 Å². The van der Waals surface area contributed by atoms with Gasteiger partial charge in [0.2, 0.25) is 0 Å². The van der Waals surface area contributed by atoms with Crippen molar-refractivity contribution in [1.82, 2.24) is 10.2 Å². The highest BCUT2D eigenvalue weighted by Crippen LogP contribution is 2.26. The molecule has 0 spiro atoms. The molecule has 0 saturated carbocycles. The summed E-state index contributed by atoms with van der Waals surface area (Å²) in [5, 5.41) is 5.37. The first-order valence-corrected chi connectivity index (χ1v) is 7.67. The van der Waals surface area contributed by atoms with Gasteiger partial charge in [0.15, 0.2) is 0 Å². The summed E-state index contributed by atoms with van der Waals surface area (Å²) in [6, 6.07) is 4.68. The highest BCUT2D eigenvalue weighted by atomic mass is 16.5. The maximum atomic E-state index is 12.4. The van der Waals surface area contributed by atoms with Crippen molar-refractivity contribution in [3.8, 4) is 5.75 Å². The molecular weight excluding hydrogens is 298 g/mol. The monoisotopic (exact) mass is 321 g/mol. The zero-order valence-electron chi connectivity index (χ0n) is 13.6. The van der Waals surface area contributed by atoms with E-state index >= 15 is 0 Å². The van der Waals surface area contributed by atoms with Crippen molar-refractivity contribution in [3.63, 3.8) is 0 Å². The van der Waals surface area contributed by atoms with E-state index in [4.69, 9.17) is 9.47 Å². The van der Waals surface area contributed by atoms with E-state index in [-0.39, 0.29) is 11.9 Å². The second-order valence-electron chi connectivity index (χ2n) is 5.29. The smallest absolute Gasteiger partial charge is 0.319 e. The molecule has 0 radical (unpaired) electrons. The van der Waals surface area contributed by atoms with Crippen LogP contribution in [0.1, 0.15) is 23.2 Å². The second-order valence-corrected chi connectivity index (χ2v) is 5.29. The molecule has 2 N–H and O–H groups in total. The molecule has 3 amide bonds. The van der Waals surface area contributed by atoms with Crippen LogP contribution in [-0.2, 0) is 4.74 Å². The molecular formula is C16H23N3O4. The Morgan fingerprint density at radius 3 is 2.61 bits per heavy atom. The molecule has 1 aromatic carbocycles. The summed E-state index contributed by atoms with van der Waals surface area (Å²) in [5.41, 5.74) is 1.01. The fraction of sp³-hybridized carbons (Fsp3) is 0.500. The number of likely N-dealkylation sites (tertiary alicyclic amines) is 1. The lowest BCUT2D eigenvalue weighted by molar-refractivity contribution is 0.0793. The van der Waals surface area contributed by atoms with Gasteiger partial charge in [-0.25, -0.2) is 4.79 Å². The van der Waals surface area contributed by atoms with Gasteiger partial charge in [-0.3, -0.25) is 4.79 Å². The molecule has 23 heavy (non-hydrogen) atoms. The van der Waals surface area contributed by atoms with Crippen LogP contribution in [0.15, 0.2) is 18.2 Å². The molecule has 7 heteroatoms. The highest BCUT2D eigenvalue weighted by Gasteiger charge is 2.20. The van der Waals surface area contributed by atoms with E-state index in [2.05, 4.69) is 10.6 Å². The molecule has 126 valence electrons. The molecule has 1 aromatic rings. The van der Waals surface area contributed by atoms with Crippen molar-refractivity contribution in [2.45, 2.75) is 12.8 Å². The number of methoxy groups -OCH3 is 2. The van der Waals surface area contributed by atoms with Crippen LogP contribution in [0.4, 0.5) is 10.5 Å². The van der Waals surface area contributed by atoms with Crippen LogP contribution in [0.25, 0.3) is 0 Å². The number of ether oxygens (including phenoxy) is 2. The average Bonchev–Trinajstić information content (AvgIpc) is 3.09. The molecule has 0 aliphatic carbocycles. The van der Waals surface area contributed by atoms with Crippen molar-refractivity contribution in [2.24, 2.45) is 0 Å². The summed E-state index contributed by atoms with van der Waals surface area (Å²) < 4.78 is 10.1. The van der Waals surface area contributed by atoms with Crippen molar-refractivity contribution >= 4 is 17.6 Å². The largest absolute Gasteiger partial charge is 0.495 e. The Bertz CT molecular complexity index is 556. The number of anilines is 1. The Kier molecular flexibility index (Phi) is 6.22. The minimum atomic E-state index is -0.369. The van der Waals surface area contributed by atoms with Gasteiger partial charge in [-0.15, -0.1) is 0 Å². The van der Waals surface area contributed by atoms with Crippen LogP contribution in [0, 0.1) is 0 Å². The van der Waals surface area contributed by atoms with Gasteiger partial charge in [0.1, 0.15) is 5.75 Å². The maximum absolute atomic E-state index is 12.4. The summed E-state index contributed by atoms with van der Waals surface area (Å²) >= 11 is 0. The van der Waals surface area contributed by atoms with Crippen LogP contribution in [0.5, 0.6) is 5.75 Å². The van der Waals surface area contributed by atoms with E-state index < -0.39 is 0 Å². The lowest BCUT2D eigenvalue weighted by Gasteiger charge is -2.17. The lowest BCUT2D eigenvalue weighted by atomic mass is 10.1. The predicted octanol–water partition coefficient (Wildman–Crippen LogP) is 1.70. The number of benzene rings is 1. The molecule has 2 rings (SSSR count). The first-order chi connectivity index (χ1) is 11.2. The molecule has 1 fully saturated rings. The highest BCUT2D eigenvalue weighted by molar-refractivity contribution is 5.98. The zero-order valence-corrected chi connectivity index (χ0v) is 13.6. The number of hydrogen-bond donors (Lipinski definition) is 2. The Balaban J connectivity index is 2.08. The SMILES string of the molecule is COCCNC(=O)Nc1cc(C(=O)N2CCCC2)ccc1OC. The molecule has 1 aliphatic rings. The van der Waals surface area contributed by atoms with Crippen LogP contribution in [0.3, 0.4) is 0 Å². The van der Waals surface area contributed by atoms with Crippen LogP contribution >= 0.6 is 0 Å². The van der Waals surface area contributed by atoms with E-state index in [0.29, 0.717) is 30.2 Å². The van der Waals surface area contributed by atoms with Gasteiger partial charge < -0.3 is 25.0 Å². The Morgan fingerprint density at radius 1 is 1.22 bits per heavy atom. The number of carbonyl (C=O) groups is 2. The van der Waals surface area contributed by atoms with E-state index in [0.717, 1.165) is 25.9 Å². The van der Waals surface area contributed by atoms with Crippen molar-refractivity contribution < 1.29 is 19.1 Å². The minimum Gasteiger partial charge on any atom is -0.495 e. The molecule has 1 saturated heterocycles. The second kappa shape index (κ2) is 8.38. The molecule has 0 atom stereocenters. The third-order valence-corrected chi connectivity index (χ3v) is 3.68. The van der Waals surface area contributed by atoms with Gasteiger partial charge in [0.25, 0.3) is 5.91 Å². The van der Waals surface area contributed by atoms with Gasteiger partial charge in [-0.2, -0.15) is 0 Å². The van der Waals surface area contributed by atoms with Crippen LogP contribution in [0.2, 0.25) is 0 Å². The number of nitrogens with one attached hydrogen (secondary N) is 2. The Labute approximate surface area is 135 Å². The lowest BCUT2D eigenvalue weighted by Crippen LogP contribution is -2.32. The van der Waals surface area contributed by atoms with Crippen molar-refractivity contribution in [1.29, 1.82) is 0 Å². The molecule has 1 aliphatic heterocycles. The first kappa shape index (κ1) is 17.1. The third-order valence-electron chi connectivity index (χ3n) is 3.68. The van der Waals surface area contributed by atoms with Crippen molar-refractivity contribution in [3.05, 3.63) is 23.8 Å². The standard InChI is InChI=1S/C16H23N3O4/c1-22-10-7-17-16(21)18-13-11-12(5-6-14(13)23-2)15(20)19-8-3-4-9-19/h5-6,11H,3-4,7-10H2,1-2H3,(H2,17,18,21). The van der Waals surface area contributed by atoms with Crippen molar-refractivity contribution in [2.75, 3.05) is 45.8 Å². The third kappa shape index (κ3) is 4.59. The Morgan fingerprint density at radius 2 is 1.96 bits per heavy atom. The van der Waals surface area contributed by atoms with Gasteiger partial charge in [-0.05, 0) is 31.0 Å². The fourth-order valence-corrected chi connectivity index (χ4v) is 2.47. The Hall–Kier alpha value is -2.28. The average molecular weight is 321 g/mol. The predicted molar refractivity (Wildman–Crippen MR) is 87.0 cm³/mol. The number of hydrogen-bond acceptors (Lipinski definition) is 4. The van der Waals surface area contributed by atoms with Gasteiger partial charge in [0.05, 0.1) is 19.4 Å². The summed E-state index contributed by atoms with van der Waals surface area (Å²) in [7, 11) is 3.08. The first-order valence-electron chi connectivity index (χ1n) is 7.67. The van der Waals surface area contributed by atoms with Gasteiger partial charge in [0, 0.05) is 32.3 Å². The number of nitrogens with zero attached hydrogens (tertiary/aromatic N) is 1. The summed E-state index contributed by atoms with van der Waals surface area (Å²) in [6.07, 6.45) is 2.07. The summed E-state index contributed by atoms with van der Waals surface area (Å²) in [5.74, 6) is 0.484. The van der Waals surface area contributed by atoms with E-state index in [1.165, 1.54) is 7.11 Å². The number of carbonyl (C=O) groups excluding carboxylic acids is 2. The number of urea groups is 1. The molecule has 0 bridgehead atoms. The van der Waals surface area contributed by atoms with Crippen LogP contribution in [-0.4, -0.2) is 57.3 Å². The normalized spacial score (nSPS) is 13.7. The number of rotatable bonds is 6. The minimum absolute atomic E-state index is 0.0204. The topological polar surface area (TPSA) is 79.9 Å². The van der Waals surface area contributed by atoms with E-state index in [1.807, 2.05) is 4.90 Å². The summed E-state index contributed by atoms with van der Waals surface area (Å²) in [4.78, 5) is 26.1. The zero-order chi connectivity index (χ0) is 16.7. The molecule has 1 heterocycles. The van der Waals surface area contributed by atoms with Crippen LogP contribution < -0.4 is 15.4 Å². The maximum Gasteiger partial charge on any atom is 0.319 e. The molecule has 0 unspecified atom stereocenters. The van der Waals surface area contributed by atoms with Gasteiger partial charge >= 0.3 is 6.03 Å². The quantitative estimate of drug-likeness (QED) is 0.782. The van der Waals surface area contributed by atoms with E-state index in [1.54, 1.807) is 25.3 Å².